The fourth-order valence-electron chi connectivity index (χ4n) is 3.02. The van der Waals surface area contributed by atoms with E-state index in [1.54, 1.807) is 12.1 Å². The van der Waals surface area contributed by atoms with Crippen molar-refractivity contribution >= 4 is 40.2 Å². The molecule has 150 valence electrons. The third-order valence-electron chi connectivity index (χ3n) is 4.38. The lowest BCUT2D eigenvalue weighted by Gasteiger charge is -2.15. The standard InChI is InChI=1S/C21H22N4O3S/c1-3-15-16(4-2)24-21(17-9-10-18(29-17)22-12-26)25-20(15)23-14-7-5-13(6-8-14)11-19(27)28/h5-10,12H,3-4,11H2,1-2H3,(H,22,26)(H,27,28)(H,23,24,25). The fourth-order valence-corrected chi connectivity index (χ4v) is 3.82. The van der Waals surface area contributed by atoms with Crippen LogP contribution >= 0.6 is 11.3 Å². The van der Waals surface area contributed by atoms with Gasteiger partial charge in [0.25, 0.3) is 0 Å². The number of rotatable bonds is 9. The van der Waals surface area contributed by atoms with Crippen molar-refractivity contribution in [1.29, 1.82) is 0 Å². The number of benzene rings is 1. The number of nitrogens with one attached hydrogen (secondary N) is 2. The van der Waals surface area contributed by atoms with Gasteiger partial charge in [0.05, 0.1) is 16.3 Å². The quantitative estimate of drug-likeness (QED) is 0.455. The van der Waals surface area contributed by atoms with Crippen LogP contribution in [0.4, 0.5) is 16.5 Å². The van der Waals surface area contributed by atoms with Crippen LogP contribution in [0.15, 0.2) is 36.4 Å². The summed E-state index contributed by atoms with van der Waals surface area (Å²) in [6.07, 6.45) is 2.20. The summed E-state index contributed by atoms with van der Waals surface area (Å²) in [5.74, 6) is 0.484. The lowest BCUT2D eigenvalue weighted by Crippen LogP contribution is -2.07. The average Bonchev–Trinajstić information content (AvgIpc) is 3.17. The highest BCUT2D eigenvalue weighted by atomic mass is 32.1. The van der Waals surface area contributed by atoms with Crippen LogP contribution in [0, 0.1) is 0 Å². The molecule has 0 aliphatic heterocycles. The van der Waals surface area contributed by atoms with Crippen LogP contribution in [0.3, 0.4) is 0 Å². The molecule has 0 saturated heterocycles. The normalized spacial score (nSPS) is 10.6. The van der Waals surface area contributed by atoms with E-state index in [1.165, 1.54) is 11.3 Å². The first-order valence-corrected chi connectivity index (χ1v) is 10.1. The van der Waals surface area contributed by atoms with Gasteiger partial charge in [-0.2, -0.15) is 0 Å². The zero-order chi connectivity index (χ0) is 20.8. The van der Waals surface area contributed by atoms with Crippen molar-refractivity contribution in [1.82, 2.24) is 9.97 Å². The van der Waals surface area contributed by atoms with Crippen molar-refractivity contribution < 1.29 is 14.7 Å². The fraction of sp³-hybridized carbons (Fsp3) is 0.238. The molecule has 0 unspecified atom stereocenters. The molecule has 0 saturated carbocycles. The number of amides is 1. The number of hydrogen-bond donors (Lipinski definition) is 3. The molecule has 0 spiro atoms. The van der Waals surface area contributed by atoms with Crippen LogP contribution in [-0.2, 0) is 28.9 Å². The highest BCUT2D eigenvalue weighted by Crippen LogP contribution is 2.32. The van der Waals surface area contributed by atoms with Gasteiger partial charge in [-0.25, -0.2) is 9.97 Å². The minimum absolute atomic E-state index is 0.00629. The van der Waals surface area contributed by atoms with Crippen LogP contribution in [0.2, 0.25) is 0 Å². The molecule has 0 aliphatic rings. The first-order valence-electron chi connectivity index (χ1n) is 9.32. The summed E-state index contributed by atoms with van der Waals surface area (Å²) in [4.78, 5) is 31.9. The van der Waals surface area contributed by atoms with E-state index in [0.717, 1.165) is 51.0 Å². The molecular formula is C21H22N4O3S. The number of thiophene rings is 1. The molecule has 7 nitrogen and oxygen atoms in total. The molecule has 1 amide bonds. The van der Waals surface area contributed by atoms with E-state index in [2.05, 4.69) is 24.5 Å². The number of carbonyl (C=O) groups is 2. The van der Waals surface area contributed by atoms with Gasteiger partial charge in [-0.05, 0) is 42.7 Å². The molecule has 0 atom stereocenters. The average molecular weight is 410 g/mol. The van der Waals surface area contributed by atoms with Gasteiger partial charge in [0.2, 0.25) is 6.41 Å². The van der Waals surface area contributed by atoms with E-state index in [0.29, 0.717) is 12.2 Å². The Bertz CT molecular complexity index is 1020. The number of carboxylic acid groups (broad SMARTS) is 1. The van der Waals surface area contributed by atoms with Gasteiger partial charge in [-0.15, -0.1) is 11.3 Å². The largest absolute Gasteiger partial charge is 0.481 e. The Hall–Kier alpha value is -3.26. The molecule has 2 aromatic heterocycles. The predicted octanol–water partition coefficient (Wildman–Crippen LogP) is 4.27. The smallest absolute Gasteiger partial charge is 0.307 e. The number of hydrogen-bond acceptors (Lipinski definition) is 6. The number of carboxylic acids is 1. The van der Waals surface area contributed by atoms with E-state index in [1.807, 2.05) is 24.3 Å². The van der Waals surface area contributed by atoms with Crippen molar-refractivity contribution in [2.24, 2.45) is 0 Å². The second-order valence-electron chi connectivity index (χ2n) is 6.35. The molecule has 0 fully saturated rings. The summed E-state index contributed by atoms with van der Waals surface area (Å²) in [5.41, 5.74) is 3.59. The Kier molecular flexibility index (Phi) is 6.56. The second kappa shape index (κ2) is 9.29. The summed E-state index contributed by atoms with van der Waals surface area (Å²) in [6.45, 7) is 4.12. The molecule has 1 aromatic carbocycles. The number of nitrogens with zero attached hydrogens (tertiary/aromatic N) is 2. The minimum Gasteiger partial charge on any atom is -0.481 e. The van der Waals surface area contributed by atoms with Crippen molar-refractivity contribution in [2.75, 3.05) is 10.6 Å². The van der Waals surface area contributed by atoms with E-state index in [-0.39, 0.29) is 6.42 Å². The van der Waals surface area contributed by atoms with Gasteiger partial charge >= 0.3 is 5.97 Å². The molecule has 8 heteroatoms. The Morgan fingerprint density at radius 2 is 1.86 bits per heavy atom. The molecule has 0 aliphatic carbocycles. The zero-order valence-corrected chi connectivity index (χ0v) is 17.0. The Morgan fingerprint density at radius 3 is 2.48 bits per heavy atom. The minimum atomic E-state index is -0.855. The summed E-state index contributed by atoms with van der Waals surface area (Å²) in [7, 11) is 0. The Morgan fingerprint density at radius 1 is 1.10 bits per heavy atom. The number of aromatic nitrogens is 2. The molecule has 3 rings (SSSR count). The summed E-state index contributed by atoms with van der Waals surface area (Å²) in [5, 5.41) is 15.7. The maximum atomic E-state index is 10.9. The van der Waals surface area contributed by atoms with Gasteiger partial charge in [-0.3, -0.25) is 9.59 Å². The van der Waals surface area contributed by atoms with Crippen molar-refractivity contribution in [3.8, 4) is 10.7 Å². The molecular weight excluding hydrogens is 388 g/mol. The van der Waals surface area contributed by atoms with Crippen LogP contribution in [0.1, 0.15) is 30.7 Å². The maximum absolute atomic E-state index is 10.9. The summed E-state index contributed by atoms with van der Waals surface area (Å²) in [6, 6.07) is 11.0. The van der Waals surface area contributed by atoms with E-state index in [9.17, 15) is 9.59 Å². The van der Waals surface area contributed by atoms with E-state index >= 15 is 0 Å². The van der Waals surface area contributed by atoms with Crippen LogP contribution < -0.4 is 10.6 Å². The summed E-state index contributed by atoms with van der Waals surface area (Å²) < 4.78 is 0. The first-order chi connectivity index (χ1) is 14.0. The van der Waals surface area contributed by atoms with Gasteiger partial charge in [0.1, 0.15) is 5.82 Å². The first kappa shape index (κ1) is 20.5. The lowest BCUT2D eigenvalue weighted by molar-refractivity contribution is -0.136. The Labute approximate surface area is 172 Å². The predicted molar refractivity (Wildman–Crippen MR) is 115 cm³/mol. The van der Waals surface area contributed by atoms with Crippen molar-refractivity contribution in [2.45, 2.75) is 33.1 Å². The van der Waals surface area contributed by atoms with Crippen molar-refractivity contribution in [3.63, 3.8) is 0 Å². The Balaban J connectivity index is 1.95. The van der Waals surface area contributed by atoms with Gasteiger partial charge in [0, 0.05) is 16.9 Å². The topological polar surface area (TPSA) is 104 Å². The molecule has 0 bridgehead atoms. The highest BCUT2D eigenvalue weighted by Gasteiger charge is 2.15. The SMILES string of the molecule is CCc1nc(-c2ccc(NC=O)s2)nc(Nc2ccc(CC(=O)O)cc2)c1CC. The third kappa shape index (κ3) is 4.97. The van der Waals surface area contributed by atoms with Gasteiger partial charge in [0.15, 0.2) is 5.82 Å². The van der Waals surface area contributed by atoms with Gasteiger partial charge in [-0.1, -0.05) is 26.0 Å². The lowest BCUT2D eigenvalue weighted by atomic mass is 10.1. The molecule has 3 N–H and O–H groups in total. The second-order valence-corrected chi connectivity index (χ2v) is 7.43. The van der Waals surface area contributed by atoms with Crippen molar-refractivity contribution in [3.05, 3.63) is 53.2 Å². The molecule has 2 heterocycles. The van der Waals surface area contributed by atoms with Crippen LogP contribution in [-0.4, -0.2) is 27.5 Å². The van der Waals surface area contributed by atoms with Crippen LogP contribution in [0.5, 0.6) is 0 Å². The number of aryl methyl sites for hydroxylation is 1. The highest BCUT2D eigenvalue weighted by molar-refractivity contribution is 7.19. The zero-order valence-electron chi connectivity index (χ0n) is 16.2. The molecule has 29 heavy (non-hydrogen) atoms. The summed E-state index contributed by atoms with van der Waals surface area (Å²) >= 11 is 1.42. The number of carbonyl (C=O) groups excluding carboxylic acids is 1. The van der Waals surface area contributed by atoms with E-state index < -0.39 is 5.97 Å². The third-order valence-corrected chi connectivity index (χ3v) is 5.39. The molecule has 0 radical (unpaired) electrons. The number of aliphatic carboxylic acids is 1. The maximum Gasteiger partial charge on any atom is 0.307 e. The van der Waals surface area contributed by atoms with Gasteiger partial charge < -0.3 is 15.7 Å². The molecule has 3 aromatic rings. The monoisotopic (exact) mass is 410 g/mol. The number of anilines is 3. The van der Waals surface area contributed by atoms with Crippen LogP contribution in [0.25, 0.3) is 10.7 Å². The van der Waals surface area contributed by atoms with E-state index in [4.69, 9.17) is 15.1 Å².